The van der Waals surface area contributed by atoms with E-state index in [1.807, 2.05) is 0 Å². The van der Waals surface area contributed by atoms with Crippen LogP contribution in [-0.4, -0.2) is 10.6 Å². The molecule has 0 bridgehead atoms. The van der Waals surface area contributed by atoms with E-state index in [1.165, 1.54) is 18.2 Å². The number of allylic oxidation sites excluding steroid dienone is 3. The lowest BCUT2D eigenvalue weighted by molar-refractivity contribution is -0.419. The Hall–Kier alpha value is -1.45. The molecule has 0 saturated carbocycles. The SMILES string of the molecule is C/C=C(\C=C/C(C)=N)[N+](=O)[O-]. The van der Waals surface area contributed by atoms with E-state index in [-0.39, 0.29) is 5.70 Å². The molecule has 11 heavy (non-hydrogen) atoms. The molecular weight excluding hydrogens is 144 g/mol. The first kappa shape index (κ1) is 9.55. The Labute approximate surface area is 64.9 Å². The van der Waals surface area contributed by atoms with Crippen molar-refractivity contribution in [3.8, 4) is 0 Å². The number of nitrogens with zero attached hydrogens (tertiary/aromatic N) is 1. The van der Waals surface area contributed by atoms with Crippen LogP contribution < -0.4 is 0 Å². The van der Waals surface area contributed by atoms with Crippen LogP contribution in [0.25, 0.3) is 0 Å². The Bertz CT molecular complexity index is 229. The molecule has 60 valence electrons. The van der Waals surface area contributed by atoms with Gasteiger partial charge in [-0.25, -0.2) is 0 Å². The van der Waals surface area contributed by atoms with Crippen molar-refractivity contribution in [2.24, 2.45) is 0 Å². The maximum atomic E-state index is 10.2. The molecule has 0 radical (unpaired) electrons. The Balaban J connectivity index is 4.34. The van der Waals surface area contributed by atoms with E-state index in [2.05, 4.69) is 0 Å². The fraction of sp³-hybridized carbons (Fsp3) is 0.286. The molecule has 0 fully saturated rings. The Morgan fingerprint density at radius 3 is 2.36 bits per heavy atom. The van der Waals surface area contributed by atoms with E-state index in [9.17, 15) is 10.1 Å². The minimum atomic E-state index is -0.487. The quantitative estimate of drug-likeness (QED) is 0.291. The summed E-state index contributed by atoms with van der Waals surface area (Å²) in [5.74, 6) is 0. The molecule has 0 aromatic carbocycles. The zero-order valence-electron chi connectivity index (χ0n) is 6.50. The molecule has 0 aromatic rings. The molecular formula is C7H10N2O2. The number of nitro groups is 1. The first-order chi connectivity index (χ1) is 5.07. The van der Waals surface area contributed by atoms with Crippen molar-refractivity contribution in [3.63, 3.8) is 0 Å². The van der Waals surface area contributed by atoms with Crippen LogP contribution in [0.2, 0.25) is 0 Å². The van der Waals surface area contributed by atoms with E-state index in [0.717, 1.165) is 0 Å². The summed E-state index contributed by atoms with van der Waals surface area (Å²) in [6, 6.07) is 0. The average Bonchev–Trinajstić information content (AvgIpc) is 1.87. The highest BCUT2D eigenvalue weighted by atomic mass is 16.6. The molecule has 0 amide bonds. The third-order valence-corrected chi connectivity index (χ3v) is 1.01. The van der Waals surface area contributed by atoms with Crippen LogP contribution in [0.3, 0.4) is 0 Å². The normalized spacial score (nSPS) is 12.0. The molecule has 0 aliphatic carbocycles. The summed E-state index contributed by atoms with van der Waals surface area (Å²) in [5, 5.41) is 17.1. The molecule has 4 nitrogen and oxygen atoms in total. The fourth-order valence-corrected chi connectivity index (χ4v) is 0.473. The van der Waals surface area contributed by atoms with Gasteiger partial charge < -0.3 is 5.41 Å². The van der Waals surface area contributed by atoms with E-state index < -0.39 is 4.92 Å². The van der Waals surface area contributed by atoms with Gasteiger partial charge >= 0.3 is 0 Å². The van der Waals surface area contributed by atoms with Gasteiger partial charge in [0.1, 0.15) is 0 Å². The first-order valence-corrected chi connectivity index (χ1v) is 3.12. The molecule has 0 rings (SSSR count). The second-order valence-corrected chi connectivity index (χ2v) is 1.99. The van der Waals surface area contributed by atoms with Gasteiger partial charge in [0.2, 0.25) is 0 Å². The van der Waals surface area contributed by atoms with Crippen molar-refractivity contribution in [2.75, 3.05) is 0 Å². The Kier molecular flexibility index (Phi) is 3.80. The average molecular weight is 154 g/mol. The highest BCUT2D eigenvalue weighted by Gasteiger charge is 2.01. The number of rotatable bonds is 3. The van der Waals surface area contributed by atoms with Crippen LogP contribution in [0.4, 0.5) is 0 Å². The summed E-state index contributed by atoms with van der Waals surface area (Å²) in [5.41, 5.74) is 0.308. The maximum absolute atomic E-state index is 10.2. The summed E-state index contributed by atoms with van der Waals surface area (Å²) >= 11 is 0. The Morgan fingerprint density at radius 2 is 2.09 bits per heavy atom. The highest BCUT2D eigenvalue weighted by Crippen LogP contribution is 1.96. The van der Waals surface area contributed by atoms with Crippen molar-refractivity contribution in [2.45, 2.75) is 13.8 Å². The van der Waals surface area contributed by atoms with E-state index >= 15 is 0 Å². The maximum Gasteiger partial charge on any atom is 0.265 e. The van der Waals surface area contributed by atoms with Gasteiger partial charge in [-0.3, -0.25) is 10.1 Å². The highest BCUT2D eigenvalue weighted by molar-refractivity contribution is 5.90. The van der Waals surface area contributed by atoms with Crippen molar-refractivity contribution in [1.29, 1.82) is 5.41 Å². The first-order valence-electron chi connectivity index (χ1n) is 3.12. The molecule has 0 atom stereocenters. The van der Waals surface area contributed by atoms with Gasteiger partial charge in [0, 0.05) is 11.8 Å². The van der Waals surface area contributed by atoms with E-state index in [1.54, 1.807) is 13.8 Å². The lowest BCUT2D eigenvalue weighted by atomic mass is 10.3. The van der Waals surface area contributed by atoms with Crippen molar-refractivity contribution in [3.05, 3.63) is 34.0 Å². The van der Waals surface area contributed by atoms with Gasteiger partial charge in [0.05, 0.1) is 4.92 Å². The zero-order chi connectivity index (χ0) is 8.85. The molecule has 0 spiro atoms. The van der Waals surface area contributed by atoms with Gasteiger partial charge in [-0.2, -0.15) is 0 Å². The summed E-state index contributed by atoms with van der Waals surface area (Å²) in [4.78, 5) is 9.67. The molecule has 0 aromatic heterocycles. The second kappa shape index (κ2) is 4.38. The summed E-state index contributed by atoms with van der Waals surface area (Å²) in [6.07, 6.45) is 4.08. The number of nitrogens with one attached hydrogen (secondary N) is 1. The smallest absolute Gasteiger partial charge is 0.265 e. The lowest BCUT2D eigenvalue weighted by Crippen LogP contribution is -1.95. The molecule has 0 aliphatic rings. The summed E-state index contributed by atoms with van der Waals surface area (Å²) in [6.45, 7) is 3.14. The lowest BCUT2D eigenvalue weighted by Gasteiger charge is -1.87. The molecule has 0 heterocycles. The minimum Gasteiger partial charge on any atom is -0.306 e. The third-order valence-electron chi connectivity index (χ3n) is 1.01. The monoisotopic (exact) mass is 154 g/mol. The van der Waals surface area contributed by atoms with Crippen molar-refractivity contribution >= 4 is 5.71 Å². The molecule has 4 heteroatoms. The predicted octanol–water partition coefficient (Wildman–Crippen LogP) is 1.76. The van der Waals surface area contributed by atoms with Gasteiger partial charge in [0.25, 0.3) is 5.70 Å². The van der Waals surface area contributed by atoms with Crippen LogP contribution in [0.15, 0.2) is 23.9 Å². The van der Waals surface area contributed by atoms with Crippen LogP contribution >= 0.6 is 0 Å². The Morgan fingerprint density at radius 1 is 1.55 bits per heavy atom. The van der Waals surface area contributed by atoms with Crippen LogP contribution in [0.1, 0.15) is 13.8 Å². The molecule has 0 saturated heterocycles. The molecule has 0 aliphatic heterocycles. The topological polar surface area (TPSA) is 67.0 Å². The van der Waals surface area contributed by atoms with Crippen molar-refractivity contribution < 1.29 is 4.92 Å². The zero-order valence-corrected chi connectivity index (χ0v) is 6.50. The van der Waals surface area contributed by atoms with Gasteiger partial charge in [-0.15, -0.1) is 0 Å². The summed E-state index contributed by atoms with van der Waals surface area (Å²) in [7, 11) is 0. The van der Waals surface area contributed by atoms with Gasteiger partial charge in [-0.05, 0) is 26.0 Å². The van der Waals surface area contributed by atoms with Gasteiger partial charge in [0.15, 0.2) is 0 Å². The predicted molar refractivity (Wildman–Crippen MR) is 43.3 cm³/mol. The second-order valence-electron chi connectivity index (χ2n) is 1.99. The summed E-state index contributed by atoms with van der Waals surface area (Å²) < 4.78 is 0. The fourth-order valence-electron chi connectivity index (χ4n) is 0.473. The van der Waals surface area contributed by atoms with Crippen LogP contribution in [0, 0.1) is 15.5 Å². The van der Waals surface area contributed by atoms with E-state index in [0.29, 0.717) is 5.71 Å². The van der Waals surface area contributed by atoms with Crippen LogP contribution in [-0.2, 0) is 0 Å². The van der Waals surface area contributed by atoms with E-state index in [4.69, 9.17) is 5.41 Å². The third kappa shape index (κ3) is 4.02. The van der Waals surface area contributed by atoms with Crippen LogP contribution in [0.5, 0.6) is 0 Å². The largest absolute Gasteiger partial charge is 0.306 e. The van der Waals surface area contributed by atoms with Gasteiger partial charge in [-0.1, -0.05) is 0 Å². The van der Waals surface area contributed by atoms with Crippen molar-refractivity contribution in [1.82, 2.24) is 0 Å². The molecule has 0 unspecified atom stereocenters. The standard InChI is InChI=1S/C7H10N2O2/c1-3-7(9(10)11)5-4-6(2)8/h3-5,8H,1-2H3/b5-4-,7-3+,8-6?. The molecule has 1 N–H and O–H groups in total. The minimum absolute atomic E-state index is 0.0107. The number of hydrogen-bond acceptors (Lipinski definition) is 3. The number of hydrogen-bond donors (Lipinski definition) is 1.